The monoisotopic (exact) mass is 253 g/mol. The summed E-state index contributed by atoms with van der Waals surface area (Å²) < 4.78 is 5.98. The van der Waals surface area contributed by atoms with Gasteiger partial charge in [0.1, 0.15) is 5.75 Å². The summed E-state index contributed by atoms with van der Waals surface area (Å²) in [6.45, 7) is 2.76. The molecule has 1 aromatic rings. The predicted octanol–water partition coefficient (Wildman–Crippen LogP) is 3.76. The zero-order valence-corrected chi connectivity index (χ0v) is 11.0. The molecule has 0 saturated heterocycles. The Morgan fingerprint density at radius 1 is 1.41 bits per heavy atom. The van der Waals surface area contributed by atoms with E-state index in [2.05, 4.69) is 6.92 Å². The number of benzene rings is 1. The van der Waals surface area contributed by atoms with Gasteiger partial charge < -0.3 is 10.5 Å². The van der Waals surface area contributed by atoms with E-state index in [1.165, 1.54) is 12.8 Å². The highest BCUT2D eigenvalue weighted by atomic mass is 35.5. The first-order valence-electron chi connectivity index (χ1n) is 6.34. The number of hydrogen-bond acceptors (Lipinski definition) is 2. The second-order valence-corrected chi connectivity index (χ2v) is 5.38. The number of nitrogens with two attached hydrogens (primary N) is 1. The van der Waals surface area contributed by atoms with Crippen LogP contribution in [0.4, 0.5) is 0 Å². The third-order valence-electron chi connectivity index (χ3n) is 3.44. The fraction of sp³-hybridized carbons (Fsp3) is 0.571. The Morgan fingerprint density at radius 3 is 2.88 bits per heavy atom. The molecule has 2 nitrogen and oxygen atoms in total. The average molecular weight is 254 g/mol. The summed E-state index contributed by atoms with van der Waals surface area (Å²) in [5.41, 5.74) is 6.55. The van der Waals surface area contributed by atoms with Crippen LogP contribution in [0.2, 0.25) is 5.02 Å². The van der Waals surface area contributed by atoms with E-state index in [1.54, 1.807) is 0 Å². The standard InChI is InChI=1S/C14H20ClNO/c1-10-3-2-4-12(7-10)17-13-6-5-11(9-16)14(15)8-13/h5-6,8,10,12H,2-4,7,9,16H2,1H3. The van der Waals surface area contributed by atoms with Crippen LogP contribution in [0, 0.1) is 5.92 Å². The molecule has 1 fully saturated rings. The van der Waals surface area contributed by atoms with Crippen LogP contribution < -0.4 is 10.5 Å². The lowest BCUT2D eigenvalue weighted by Crippen LogP contribution is -2.24. The Labute approximate surface area is 108 Å². The summed E-state index contributed by atoms with van der Waals surface area (Å²) >= 11 is 6.12. The lowest BCUT2D eigenvalue weighted by molar-refractivity contribution is 0.129. The molecule has 2 N–H and O–H groups in total. The molecule has 1 saturated carbocycles. The smallest absolute Gasteiger partial charge is 0.121 e. The van der Waals surface area contributed by atoms with Crippen molar-refractivity contribution in [2.75, 3.05) is 0 Å². The maximum atomic E-state index is 6.12. The van der Waals surface area contributed by atoms with Gasteiger partial charge in [-0.3, -0.25) is 0 Å². The normalized spacial score (nSPS) is 24.6. The number of hydrogen-bond donors (Lipinski definition) is 1. The Morgan fingerprint density at radius 2 is 2.24 bits per heavy atom. The first kappa shape index (κ1) is 12.7. The lowest BCUT2D eigenvalue weighted by Gasteiger charge is -2.27. The van der Waals surface area contributed by atoms with Crippen LogP contribution >= 0.6 is 11.6 Å². The van der Waals surface area contributed by atoms with Crippen LogP contribution in [0.1, 0.15) is 38.2 Å². The fourth-order valence-electron chi connectivity index (χ4n) is 2.44. The maximum Gasteiger partial charge on any atom is 0.121 e. The van der Waals surface area contributed by atoms with Crippen LogP contribution in [-0.4, -0.2) is 6.10 Å². The van der Waals surface area contributed by atoms with Crippen molar-refractivity contribution in [1.29, 1.82) is 0 Å². The van der Waals surface area contributed by atoms with Gasteiger partial charge in [-0.2, -0.15) is 0 Å². The summed E-state index contributed by atoms with van der Waals surface area (Å²) in [6, 6.07) is 5.79. The SMILES string of the molecule is CC1CCCC(Oc2ccc(CN)c(Cl)c2)C1. The van der Waals surface area contributed by atoms with E-state index in [0.29, 0.717) is 17.7 Å². The van der Waals surface area contributed by atoms with Crippen LogP contribution in [0.5, 0.6) is 5.75 Å². The minimum atomic E-state index is 0.346. The van der Waals surface area contributed by atoms with Crippen molar-refractivity contribution in [2.45, 2.75) is 45.3 Å². The third-order valence-corrected chi connectivity index (χ3v) is 3.79. The van der Waals surface area contributed by atoms with Crippen molar-refractivity contribution in [2.24, 2.45) is 11.7 Å². The first-order chi connectivity index (χ1) is 8.19. The average Bonchev–Trinajstić information content (AvgIpc) is 2.29. The molecular formula is C14H20ClNO. The molecular weight excluding hydrogens is 234 g/mol. The number of ether oxygens (including phenoxy) is 1. The Bertz CT molecular complexity index is 380. The summed E-state index contributed by atoms with van der Waals surface area (Å²) in [5, 5.41) is 0.703. The number of rotatable bonds is 3. The van der Waals surface area contributed by atoms with E-state index in [4.69, 9.17) is 22.1 Å². The molecule has 0 radical (unpaired) electrons. The van der Waals surface area contributed by atoms with Crippen molar-refractivity contribution in [3.63, 3.8) is 0 Å². The Balaban J connectivity index is 2.00. The van der Waals surface area contributed by atoms with Crippen LogP contribution in [0.3, 0.4) is 0 Å². The molecule has 1 aliphatic rings. The van der Waals surface area contributed by atoms with Gasteiger partial charge in [-0.1, -0.05) is 31.0 Å². The maximum absolute atomic E-state index is 6.12. The van der Waals surface area contributed by atoms with Crippen molar-refractivity contribution in [3.8, 4) is 5.75 Å². The van der Waals surface area contributed by atoms with Gasteiger partial charge in [0.2, 0.25) is 0 Å². The largest absolute Gasteiger partial charge is 0.490 e. The lowest BCUT2D eigenvalue weighted by atomic mass is 9.89. The molecule has 94 valence electrons. The highest BCUT2D eigenvalue weighted by molar-refractivity contribution is 6.31. The quantitative estimate of drug-likeness (QED) is 0.890. The zero-order valence-electron chi connectivity index (χ0n) is 10.3. The van der Waals surface area contributed by atoms with Crippen LogP contribution in [0.15, 0.2) is 18.2 Å². The minimum Gasteiger partial charge on any atom is -0.490 e. The van der Waals surface area contributed by atoms with E-state index >= 15 is 0 Å². The van der Waals surface area contributed by atoms with E-state index in [-0.39, 0.29) is 0 Å². The molecule has 3 heteroatoms. The van der Waals surface area contributed by atoms with Gasteiger partial charge in [0.25, 0.3) is 0 Å². The number of halogens is 1. The molecule has 2 rings (SSSR count). The van der Waals surface area contributed by atoms with Gasteiger partial charge >= 0.3 is 0 Å². The minimum absolute atomic E-state index is 0.346. The summed E-state index contributed by atoms with van der Waals surface area (Å²) in [6.07, 6.45) is 5.24. The second kappa shape index (κ2) is 5.74. The van der Waals surface area contributed by atoms with Crippen LogP contribution in [0.25, 0.3) is 0 Å². The van der Waals surface area contributed by atoms with E-state index in [0.717, 1.165) is 30.1 Å². The van der Waals surface area contributed by atoms with Gasteiger partial charge in [0, 0.05) is 11.6 Å². The molecule has 0 amide bonds. The van der Waals surface area contributed by atoms with Gasteiger partial charge in [-0.15, -0.1) is 0 Å². The molecule has 2 atom stereocenters. The van der Waals surface area contributed by atoms with Crippen molar-refractivity contribution >= 4 is 11.6 Å². The topological polar surface area (TPSA) is 35.2 Å². The van der Waals surface area contributed by atoms with E-state index in [1.807, 2.05) is 18.2 Å². The van der Waals surface area contributed by atoms with Crippen LogP contribution in [-0.2, 0) is 6.54 Å². The molecule has 0 spiro atoms. The molecule has 0 bridgehead atoms. The highest BCUT2D eigenvalue weighted by Gasteiger charge is 2.20. The fourth-order valence-corrected chi connectivity index (χ4v) is 2.69. The molecule has 1 aromatic carbocycles. The summed E-state index contributed by atoms with van der Waals surface area (Å²) in [5.74, 6) is 1.64. The van der Waals surface area contributed by atoms with Crippen molar-refractivity contribution < 1.29 is 4.74 Å². The zero-order chi connectivity index (χ0) is 12.3. The Kier molecular flexibility index (Phi) is 4.30. The molecule has 0 heterocycles. The second-order valence-electron chi connectivity index (χ2n) is 4.97. The molecule has 0 aromatic heterocycles. The third kappa shape index (κ3) is 3.36. The van der Waals surface area contributed by atoms with Gasteiger partial charge in [-0.25, -0.2) is 0 Å². The predicted molar refractivity (Wildman–Crippen MR) is 71.4 cm³/mol. The van der Waals surface area contributed by atoms with E-state index in [9.17, 15) is 0 Å². The van der Waals surface area contributed by atoms with Gasteiger partial charge in [0.15, 0.2) is 0 Å². The molecule has 2 unspecified atom stereocenters. The van der Waals surface area contributed by atoms with Gasteiger partial charge in [0.05, 0.1) is 6.10 Å². The highest BCUT2D eigenvalue weighted by Crippen LogP contribution is 2.29. The van der Waals surface area contributed by atoms with E-state index < -0.39 is 0 Å². The Hall–Kier alpha value is -0.730. The summed E-state index contributed by atoms with van der Waals surface area (Å²) in [4.78, 5) is 0. The molecule has 0 aliphatic heterocycles. The summed E-state index contributed by atoms with van der Waals surface area (Å²) in [7, 11) is 0. The molecule has 17 heavy (non-hydrogen) atoms. The van der Waals surface area contributed by atoms with Crippen molar-refractivity contribution in [3.05, 3.63) is 28.8 Å². The van der Waals surface area contributed by atoms with Crippen molar-refractivity contribution in [1.82, 2.24) is 0 Å². The first-order valence-corrected chi connectivity index (χ1v) is 6.72. The van der Waals surface area contributed by atoms with Gasteiger partial charge in [-0.05, 0) is 42.9 Å². The molecule has 1 aliphatic carbocycles.